The van der Waals surface area contributed by atoms with Crippen LogP contribution in [-0.2, 0) is 0 Å². The van der Waals surface area contributed by atoms with Crippen LogP contribution in [0.4, 0.5) is 5.69 Å². The molecule has 1 rings (SSSR count). The van der Waals surface area contributed by atoms with Gasteiger partial charge >= 0.3 is 0 Å². The van der Waals surface area contributed by atoms with Gasteiger partial charge in [-0.1, -0.05) is 30.0 Å². The minimum Gasteiger partial charge on any atom is -0.396 e. The molecule has 0 fully saturated rings. The molecular formula is C16H19NO. The summed E-state index contributed by atoms with van der Waals surface area (Å²) < 4.78 is 0. The molecule has 0 aliphatic rings. The minimum atomic E-state index is 0.245. The number of aliphatic hydroxyl groups is 1. The monoisotopic (exact) mass is 241 g/mol. The molecule has 2 heteroatoms. The van der Waals surface area contributed by atoms with E-state index in [2.05, 4.69) is 40.7 Å². The maximum atomic E-state index is 8.59. The maximum Gasteiger partial charge on any atom is 0.0801 e. The van der Waals surface area contributed by atoms with Crippen molar-refractivity contribution in [2.45, 2.75) is 19.3 Å². The van der Waals surface area contributed by atoms with Crippen LogP contribution in [0.3, 0.4) is 0 Å². The van der Waals surface area contributed by atoms with Gasteiger partial charge in [0.05, 0.1) is 6.54 Å². The van der Waals surface area contributed by atoms with E-state index < -0.39 is 0 Å². The van der Waals surface area contributed by atoms with Crippen LogP contribution in [0.25, 0.3) is 0 Å². The summed E-state index contributed by atoms with van der Waals surface area (Å²) in [6.07, 6.45) is 2.57. The molecule has 0 spiro atoms. The average Bonchev–Trinajstić information content (AvgIpc) is 2.42. The van der Waals surface area contributed by atoms with E-state index in [1.165, 1.54) is 0 Å². The molecule has 0 saturated heterocycles. The molecule has 0 bridgehead atoms. The van der Waals surface area contributed by atoms with E-state index in [-0.39, 0.29) is 6.61 Å². The summed E-state index contributed by atoms with van der Waals surface area (Å²) in [5.41, 5.74) is 1.16. The van der Waals surface area contributed by atoms with E-state index in [1.54, 1.807) is 0 Å². The number of para-hydroxylation sites is 1. The predicted molar refractivity (Wildman–Crippen MR) is 76.2 cm³/mol. The predicted octanol–water partition coefficient (Wildman–Crippen LogP) is 2.29. The second-order valence-corrected chi connectivity index (χ2v) is 3.98. The first-order valence-electron chi connectivity index (χ1n) is 6.17. The second-order valence-electron chi connectivity index (χ2n) is 3.98. The van der Waals surface area contributed by atoms with Crippen molar-refractivity contribution in [2.24, 2.45) is 0 Å². The first kappa shape index (κ1) is 14.2. The van der Waals surface area contributed by atoms with Gasteiger partial charge in [0.2, 0.25) is 0 Å². The van der Waals surface area contributed by atoms with Crippen molar-refractivity contribution >= 4 is 5.69 Å². The lowest BCUT2D eigenvalue weighted by molar-refractivity contribution is 0.285. The van der Waals surface area contributed by atoms with Crippen molar-refractivity contribution in [2.75, 3.05) is 25.1 Å². The molecule has 0 unspecified atom stereocenters. The molecule has 18 heavy (non-hydrogen) atoms. The molecule has 0 atom stereocenters. The SMILES string of the molecule is CN(CC#CC#CCCCCO)c1ccccc1. The van der Waals surface area contributed by atoms with E-state index in [1.807, 2.05) is 25.2 Å². The van der Waals surface area contributed by atoms with Crippen molar-refractivity contribution in [1.82, 2.24) is 0 Å². The molecule has 0 saturated carbocycles. The van der Waals surface area contributed by atoms with E-state index in [0.29, 0.717) is 6.54 Å². The highest BCUT2D eigenvalue weighted by Crippen LogP contribution is 2.09. The largest absolute Gasteiger partial charge is 0.396 e. The molecule has 0 radical (unpaired) electrons. The van der Waals surface area contributed by atoms with Crippen LogP contribution >= 0.6 is 0 Å². The third kappa shape index (κ3) is 5.99. The first-order valence-corrected chi connectivity index (χ1v) is 6.17. The Morgan fingerprint density at radius 1 is 1.06 bits per heavy atom. The average molecular weight is 241 g/mol. The number of benzene rings is 1. The van der Waals surface area contributed by atoms with Gasteiger partial charge in [-0.2, -0.15) is 0 Å². The Morgan fingerprint density at radius 3 is 2.50 bits per heavy atom. The highest BCUT2D eigenvalue weighted by molar-refractivity contribution is 5.46. The maximum absolute atomic E-state index is 8.59. The standard InChI is InChI=1S/C16H19NO/c1-17(16-12-8-7-9-13-16)14-10-5-3-2-4-6-11-15-18/h7-9,12-13,18H,4,6,11,14-15H2,1H3. The van der Waals surface area contributed by atoms with Gasteiger partial charge < -0.3 is 10.0 Å². The fourth-order valence-electron chi connectivity index (χ4n) is 1.41. The van der Waals surface area contributed by atoms with E-state index in [4.69, 9.17) is 5.11 Å². The van der Waals surface area contributed by atoms with Crippen molar-refractivity contribution < 1.29 is 5.11 Å². The molecule has 0 aliphatic carbocycles. The van der Waals surface area contributed by atoms with Gasteiger partial charge in [0, 0.05) is 25.8 Å². The Labute approximate surface area is 110 Å². The molecule has 0 aromatic heterocycles. The van der Waals surface area contributed by atoms with E-state index >= 15 is 0 Å². The highest BCUT2D eigenvalue weighted by Gasteiger charge is 1.94. The number of rotatable bonds is 5. The zero-order valence-corrected chi connectivity index (χ0v) is 10.8. The van der Waals surface area contributed by atoms with Gasteiger partial charge in [0.1, 0.15) is 0 Å². The molecule has 2 nitrogen and oxygen atoms in total. The number of nitrogens with zero attached hydrogens (tertiary/aromatic N) is 1. The van der Waals surface area contributed by atoms with Crippen molar-refractivity contribution in [3.05, 3.63) is 30.3 Å². The molecular weight excluding hydrogens is 222 g/mol. The van der Waals surface area contributed by atoms with Crippen LogP contribution < -0.4 is 4.90 Å². The zero-order valence-electron chi connectivity index (χ0n) is 10.8. The quantitative estimate of drug-likeness (QED) is 0.631. The summed E-state index contributed by atoms with van der Waals surface area (Å²) in [6.45, 7) is 0.921. The van der Waals surface area contributed by atoms with Crippen LogP contribution in [0.1, 0.15) is 19.3 Å². The van der Waals surface area contributed by atoms with Gasteiger partial charge in [-0.05, 0) is 36.8 Å². The van der Waals surface area contributed by atoms with Crippen LogP contribution in [0.15, 0.2) is 30.3 Å². The highest BCUT2D eigenvalue weighted by atomic mass is 16.2. The van der Waals surface area contributed by atoms with Crippen LogP contribution in [-0.4, -0.2) is 25.3 Å². The molecule has 1 aromatic carbocycles. The Balaban J connectivity index is 2.29. The van der Waals surface area contributed by atoms with Crippen molar-refractivity contribution in [1.29, 1.82) is 0 Å². The van der Waals surface area contributed by atoms with E-state index in [0.717, 1.165) is 24.9 Å². The normalized spacial score (nSPS) is 8.78. The van der Waals surface area contributed by atoms with Crippen molar-refractivity contribution in [3.8, 4) is 23.7 Å². The summed E-state index contributed by atoms with van der Waals surface area (Å²) in [4.78, 5) is 2.08. The lowest BCUT2D eigenvalue weighted by atomic mass is 10.2. The second kappa shape index (κ2) is 9.16. The van der Waals surface area contributed by atoms with Gasteiger partial charge in [0.25, 0.3) is 0 Å². The summed E-state index contributed by atoms with van der Waals surface area (Å²) >= 11 is 0. The van der Waals surface area contributed by atoms with Crippen LogP contribution in [0.2, 0.25) is 0 Å². The van der Waals surface area contributed by atoms with Gasteiger partial charge in [-0.25, -0.2) is 0 Å². The summed E-state index contributed by atoms with van der Waals surface area (Å²) in [5, 5.41) is 8.59. The smallest absolute Gasteiger partial charge is 0.0801 e. The minimum absolute atomic E-state index is 0.245. The topological polar surface area (TPSA) is 23.5 Å². The summed E-state index contributed by atoms with van der Waals surface area (Å²) in [6, 6.07) is 10.1. The number of unbranched alkanes of at least 4 members (excludes halogenated alkanes) is 2. The number of aliphatic hydroxyl groups excluding tert-OH is 1. The molecule has 0 aliphatic heterocycles. The number of hydrogen-bond donors (Lipinski definition) is 1. The van der Waals surface area contributed by atoms with Gasteiger partial charge in [-0.15, -0.1) is 0 Å². The Bertz CT molecular complexity index is 445. The fourth-order valence-corrected chi connectivity index (χ4v) is 1.41. The molecule has 0 amide bonds. The number of anilines is 1. The first-order chi connectivity index (χ1) is 8.84. The Kier molecular flexibility index (Phi) is 7.21. The number of hydrogen-bond acceptors (Lipinski definition) is 2. The van der Waals surface area contributed by atoms with Crippen LogP contribution in [0.5, 0.6) is 0 Å². The molecule has 94 valence electrons. The third-order valence-electron chi connectivity index (χ3n) is 2.46. The Hall–Kier alpha value is -1.90. The van der Waals surface area contributed by atoms with Gasteiger partial charge in [0.15, 0.2) is 0 Å². The molecule has 1 N–H and O–H groups in total. The zero-order chi connectivity index (χ0) is 13.1. The summed E-state index contributed by atoms with van der Waals surface area (Å²) in [7, 11) is 2.01. The Morgan fingerprint density at radius 2 is 1.78 bits per heavy atom. The van der Waals surface area contributed by atoms with Gasteiger partial charge in [-0.3, -0.25) is 0 Å². The fraction of sp³-hybridized carbons (Fsp3) is 0.375. The summed E-state index contributed by atoms with van der Waals surface area (Å²) in [5.74, 6) is 11.7. The molecule has 1 aromatic rings. The lowest BCUT2D eigenvalue weighted by Gasteiger charge is -2.15. The lowest BCUT2D eigenvalue weighted by Crippen LogP contribution is -2.16. The third-order valence-corrected chi connectivity index (χ3v) is 2.46. The van der Waals surface area contributed by atoms with Crippen LogP contribution in [0, 0.1) is 23.7 Å². The van der Waals surface area contributed by atoms with Crippen molar-refractivity contribution in [3.63, 3.8) is 0 Å². The molecule has 0 heterocycles. The van der Waals surface area contributed by atoms with E-state index in [9.17, 15) is 0 Å².